The van der Waals surface area contributed by atoms with Crippen LogP contribution in [0.25, 0.3) is 0 Å². The maximum absolute atomic E-state index is 13.4. The van der Waals surface area contributed by atoms with Crippen molar-refractivity contribution in [1.82, 2.24) is 15.3 Å². The number of hydrogen-bond acceptors (Lipinski definition) is 11. The van der Waals surface area contributed by atoms with E-state index < -0.39 is 64.9 Å². The van der Waals surface area contributed by atoms with Gasteiger partial charge >= 0.3 is 5.97 Å². The molecule has 14 heteroatoms. The van der Waals surface area contributed by atoms with Crippen molar-refractivity contribution in [2.24, 2.45) is 61.6 Å². The van der Waals surface area contributed by atoms with E-state index in [1.165, 1.54) is 5.57 Å². The number of amides is 1. The van der Waals surface area contributed by atoms with Gasteiger partial charge in [0.05, 0.1) is 37.2 Å². The van der Waals surface area contributed by atoms with E-state index in [0.717, 1.165) is 37.8 Å². The Kier molecular flexibility index (Phi) is 10.4. The van der Waals surface area contributed by atoms with Crippen LogP contribution in [0.4, 0.5) is 0 Å². The smallest absolute Gasteiger partial charge is 0.310 e. The molecular formula is C46H69N3O11. The lowest BCUT2D eigenvalue weighted by atomic mass is 9.24. The molecule has 1 aromatic rings. The number of aliphatic hydroxyl groups excluding tert-OH is 6. The van der Waals surface area contributed by atoms with Crippen LogP contribution in [-0.2, 0) is 25.5 Å². The number of carboxylic acid groups (broad SMARTS) is 1. The fourth-order valence-electron chi connectivity index (χ4n) is 16.6. The number of fused-ring (bicyclic) bond motifs is 3. The molecule has 7 fully saturated rings. The Labute approximate surface area is 352 Å². The van der Waals surface area contributed by atoms with E-state index in [4.69, 9.17) is 9.47 Å². The van der Waals surface area contributed by atoms with Crippen LogP contribution in [0.5, 0.6) is 0 Å². The van der Waals surface area contributed by atoms with E-state index in [-0.39, 0.29) is 71.2 Å². The minimum Gasteiger partial charge on any atom is -0.481 e. The summed E-state index contributed by atoms with van der Waals surface area (Å²) >= 11 is 0. The zero-order chi connectivity index (χ0) is 42.8. The number of aliphatic carboxylic acids is 1. The maximum atomic E-state index is 13.4. The van der Waals surface area contributed by atoms with E-state index in [0.29, 0.717) is 57.8 Å². The first-order valence-corrected chi connectivity index (χ1v) is 22.8. The summed E-state index contributed by atoms with van der Waals surface area (Å²) in [5.74, 6) is -1.73. The molecule has 60 heavy (non-hydrogen) atoms. The second-order valence-electron chi connectivity index (χ2n) is 22.0. The molecule has 2 saturated heterocycles. The normalized spacial score (nSPS) is 52.3. The van der Waals surface area contributed by atoms with Gasteiger partial charge in [-0.1, -0.05) is 45.8 Å². The Morgan fingerprint density at radius 1 is 0.967 bits per heavy atom. The van der Waals surface area contributed by atoms with Gasteiger partial charge in [-0.15, -0.1) is 0 Å². The third-order valence-electron chi connectivity index (χ3n) is 19.9. The van der Waals surface area contributed by atoms with Crippen molar-refractivity contribution < 1.29 is 54.8 Å². The van der Waals surface area contributed by atoms with Crippen molar-refractivity contribution in [3.05, 3.63) is 29.9 Å². The maximum Gasteiger partial charge on any atom is 0.310 e. The standard InChI is InChI=1S/C46H69N3O11/c1-40(22-50)12-13-44(39(57)58)14-15-45-8-5-9-46(11-6-27(45)29(44)19-40)42(45,3)10-7-32-41(2,23-51)37(60-38-36(56)35(55)31(52)21-59-38)34(54)28(43(32,46)4)16-25-17-33(53)49-30(25)18-26-20-47-24-48-26/h6,20,24-25,28-32,34-38,50-52,54-56H,5,7-19,21-23H2,1-4H3,(H,47,48)(H,49,53)(H,57,58)/t25-,28+,29+,30+,31-,32-,34-,35+,36-,37-,38+,40+,41+,42+,43+,44+,45-,46+/m1/s1. The molecule has 1 aromatic heterocycles. The molecule has 9 N–H and O–H groups in total. The summed E-state index contributed by atoms with van der Waals surface area (Å²) in [7, 11) is 0. The number of carbonyl (C=O) groups excluding carboxylic acids is 1. The highest BCUT2D eigenvalue weighted by molar-refractivity contribution is 5.79. The van der Waals surface area contributed by atoms with Gasteiger partial charge in [-0.25, -0.2) is 4.98 Å². The Balaban J connectivity index is 1.18. The van der Waals surface area contributed by atoms with Crippen molar-refractivity contribution in [3.63, 3.8) is 0 Å². The van der Waals surface area contributed by atoms with Gasteiger partial charge in [0.1, 0.15) is 18.3 Å². The average Bonchev–Trinajstić information content (AvgIpc) is 3.86. The van der Waals surface area contributed by atoms with Crippen molar-refractivity contribution in [2.45, 2.75) is 160 Å². The Morgan fingerprint density at radius 2 is 1.73 bits per heavy atom. The third kappa shape index (κ3) is 5.62. The predicted molar refractivity (Wildman–Crippen MR) is 216 cm³/mol. The number of aliphatic hydroxyl groups is 6. The fraction of sp³-hybridized carbons (Fsp3) is 0.848. The molecular weight excluding hydrogens is 771 g/mol. The highest BCUT2D eigenvalue weighted by Crippen LogP contribution is 2.85. The highest BCUT2D eigenvalue weighted by Gasteiger charge is 2.80. The van der Waals surface area contributed by atoms with E-state index in [1.807, 2.05) is 6.92 Å². The third-order valence-corrected chi connectivity index (χ3v) is 19.9. The Morgan fingerprint density at radius 3 is 2.43 bits per heavy atom. The fourth-order valence-corrected chi connectivity index (χ4v) is 16.6. The zero-order valence-corrected chi connectivity index (χ0v) is 35.8. The number of rotatable bonds is 9. The van der Waals surface area contributed by atoms with E-state index in [2.05, 4.69) is 42.1 Å². The Hall–Kier alpha value is -2.43. The molecule has 1 amide bonds. The number of ether oxygens (including phenoxy) is 2. The molecule has 2 bridgehead atoms. The van der Waals surface area contributed by atoms with Gasteiger partial charge in [-0.2, -0.15) is 0 Å². The first kappa shape index (κ1) is 42.9. The molecule has 5 saturated carbocycles. The van der Waals surface area contributed by atoms with E-state index >= 15 is 0 Å². The summed E-state index contributed by atoms with van der Waals surface area (Å²) in [5.41, 5.74) is -1.66. The molecule has 3 heterocycles. The number of allylic oxidation sites excluding steroid dienone is 2. The second-order valence-corrected chi connectivity index (χ2v) is 22.0. The molecule has 334 valence electrons. The van der Waals surface area contributed by atoms with Crippen LogP contribution in [-0.4, -0.2) is 120 Å². The monoisotopic (exact) mass is 839 g/mol. The summed E-state index contributed by atoms with van der Waals surface area (Å²) < 4.78 is 12.4. The summed E-state index contributed by atoms with van der Waals surface area (Å²) in [6.07, 6.45) is 7.41. The van der Waals surface area contributed by atoms with Crippen LogP contribution in [0.1, 0.15) is 117 Å². The number of hydrogen-bond donors (Lipinski definition) is 9. The summed E-state index contributed by atoms with van der Waals surface area (Å²) in [5, 5.41) is 81.9. The average molecular weight is 840 g/mol. The second kappa shape index (κ2) is 14.6. The lowest BCUT2D eigenvalue weighted by molar-refractivity contribution is -0.358. The van der Waals surface area contributed by atoms with Crippen LogP contribution in [0.3, 0.4) is 0 Å². The lowest BCUT2D eigenvalue weighted by Crippen LogP contribution is -2.77. The van der Waals surface area contributed by atoms with Crippen molar-refractivity contribution in [2.75, 3.05) is 19.8 Å². The minimum atomic E-state index is -1.59. The molecule has 0 aromatic carbocycles. The van der Waals surface area contributed by atoms with Gasteiger partial charge in [-0.3, -0.25) is 9.59 Å². The van der Waals surface area contributed by atoms with Crippen molar-refractivity contribution >= 4 is 11.9 Å². The molecule has 9 rings (SSSR count). The SMILES string of the molecule is C[C@]1(CO)CC[C@]2(C(=O)O)CC[C@]34CCC[C@@]5(CC=C3[C@@H]2C1)[C@]1(C)[C@H](CC[C@@]45C)[C@](C)(CO)[C@H](O[C@@H]2OC[C@@H](O)[C@H](O)[C@H]2O)[C@H](O)[C@@H]1C[C@@H]1CC(=O)N[C@H]1Cc1cnc[nH]1. The number of carbonyl (C=O) groups is 2. The van der Waals surface area contributed by atoms with Crippen molar-refractivity contribution in [3.8, 4) is 0 Å². The summed E-state index contributed by atoms with van der Waals surface area (Å²) in [6.45, 7) is 8.33. The molecule has 8 aliphatic rings. The van der Waals surface area contributed by atoms with Crippen LogP contribution < -0.4 is 5.32 Å². The van der Waals surface area contributed by atoms with Gasteiger partial charge in [0.15, 0.2) is 6.29 Å². The van der Waals surface area contributed by atoms with Gasteiger partial charge in [0, 0.05) is 42.8 Å². The Bertz CT molecular complexity index is 1860. The van der Waals surface area contributed by atoms with Gasteiger partial charge in [-0.05, 0) is 121 Å². The number of nitrogens with zero attached hydrogens (tertiary/aromatic N) is 1. The number of aromatic amines is 1. The number of nitrogens with one attached hydrogen (secondary N) is 2. The summed E-state index contributed by atoms with van der Waals surface area (Å²) in [6, 6.07) is -0.212. The number of H-pyrrole nitrogens is 1. The molecule has 6 aliphatic carbocycles. The number of imidazole rings is 1. The van der Waals surface area contributed by atoms with Crippen LogP contribution >= 0.6 is 0 Å². The van der Waals surface area contributed by atoms with Crippen molar-refractivity contribution in [1.29, 1.82) is 0 Å². The molecule has 0 radical (unpaired) electrons. The molecule has 18 atom stereocenters. The molecule has 0 unspecified atom stereocenters. The van der Waals surface area contributed by atoms with Gasteiger partial charge in [0.2, 0.25) is 5.91 Å². The quantitative estimate of drug-likeness (QED) is 0.129. The van der Waals surface area contributed by atoms with Crippen LogP contribution in [0.2, 0.25) is 0 Å². The largest absolute Gasteiger partial charge is 0.481 e. The predicted octanol–water partition coefficient (Wildman–Crippen LogP) is 3.23. The van der Waals surface area contributed by atoms with Gasteiger partial charge < -0.3 is 55.5 Å². The first-order valence-electron chi connectivity index (χ1n) is 22.8. The zero-order valence-electron chi connectivity index (χ0n) is 35.8. The summed E-state index contributed by atoms with van der Waals surface area (Å²) in [4.78, 5) is 34.1. The van der Waals surface area contributed by atoms with Gasteiger partial charge in [0.25, 0.3) is 0 Å². The lowest BCUT2D eigenvalue weighted by Gasteiger charge is -2.80. The number of carboxylic acids is 1. The minimum absolute atomic E-state index is 0.0192. The first-order chi connectivity index (χ1) is 28.4. The van der Waals surface area contributed by atoms with E-state index in [9.17, 15) is 45.3 Å². The topological polar surface area (TPSA) is 235 Å². The van der Waals surface area contributed by atoms with Crippen LogP contribution in [0.15, 0.2) is 24.2 Å². The molecule has 2 aliphatic heterocycles. The molecule has 14 nitrogen and oxygen atoms in total. The van der Waals surface area contributed by atoms with Crippen LogP contribution in [0, 0.1) is 61.6 Å². The molecule has 1 spiro atoms. The number of aromatic nitrogens is 2. The highest BCUT2D eigenvalue weighted by atomic mass is 16.7. The van der Waals surface area contributed by atoms with E-state index in [1.54, 1.807) is 12.5 Å².